The highest BCUT2D eigenvalue weighted by atomic mass is 15.1. The third-order valence-electron chi connectivity index (χ3n) is 4.10. The van der Waals surface area contributed by atoms with Crippen molar-refractivity contribution < 1.29 is 0 Å². The predicted molar refractivity (Wildman–Crippen MR) is 80.3 cm³/mol. The molecular weight excluding hydrogens is 234 g/mol. The summed E-state index contributed by atoms with van der Waals surface area (Å²) in [5.41, 5.74) is 2.72. The van der Waals surface area contributed by atoms with Crippen LogP contribution in [0.25, 0.3) is 10.9 Å². The Labute approximate surface area is 115 Å². The van der Waals surface area contributed by atoms with E-state index < -0.39 is 0 Å². The Bertz CT molecular complexity index is 538. The third-order valence-corrected chi connectivity index (χ3v) is 4.10. The summed E-state index contributed by atoms with van der Waals surface area (Å²) in [5, 5.41) is 4.95. The Balaban J connectivity index is 1.56. The molecule has 0 radical (unpaired) electrons. The van der Waals surface area contributed by atoms with Crippen molar-refractivity contribution in [2.24, 2.45) is 7.05 Å². The second kappa shape index (κ2) is 5.76. The molecule has 19 heavy (non-hydrogen) atoms. The number of fused-ring (bicyclic) bond motifs is 1. The zero-order valence-corrected chi connectivity index (χ0v) is 11.7. The maximum absolute atomic E-state index is 3.58. The van der Waals surface area contributed by atoms with Crippen molar-refractivity contribution in [3.05, 3.63) is 36.0 Å². The van der Waals surface area contributed by atoms with Crippen molar-refractivity contribution in [2.75, 3.05) is 26.2 Å². The maximum atomic E-state index is 3.58. The third kappa shape index (κ3) is 2.82. The molecule has 1 saturated heterocycles. The molecule has 1 N–H and O–H groups in total. The smallest absolute Gasteiger partial charge is 0.0481 e. The number of hydrogen-bond acceptors (Lipinski definition) is 2. The van der Waals surface area contributed by atoms with E-state index in [1.165, 1.54) is 48.9 Å². The lowest BCUT2D eigenvalue weighted by molar-refractivity contribution is 0.336. The SMILES string of the molecule is Cn1cc(CNCCN2CCCC2)c2ccccc21. The zero-order chi connectivity index (χ0) is 13.1. The second-order valence-corrected chi connectivity index (χ2v) is 5.51. The molecule has 0 bridgehead atoms. The van der Waals surface area contributed by atoms with Gasteiger partial charge in [0.1, 0.15) is 0 Å². The highest BCUT2D eigenvalue weighted by Gasteiger charge is 2.10. The quantitative estimate of drug-likeness (QED) is 0.830. The number of hydrogen-bond donors (Lipinski definition) is 1. The highest BCUT2D eigenvalue weighted by molar-refractivity contribution is 5.83. The van der Waals surface area contributed by atoms with Crippen molar-refractivity contribution in [1.82, 2.24) is 14.8 Å². The molecule has 0 saturated carbocycles. The number of likely N-dealkylation sites (tertiary alicyclic amines) is 1. The number of rotatable bonds is 5. The molecule has 2 aromatic rings. The van der Waals surface area contributed by atoms with E-state index in [2.05, 4.69) is 52.3 Å². The fourth-order valence-electron chi connectivity index (χ4n) is 3.03. The van der Waals surface area contributed by atoms with E-state index in [1.807, 2.05) is 0 Å². The minimum absolute atomic E-state index is 0.967. The summed E-state index contributed by atoms with van der Waals surface area (Å²) in [4.78, 5) is 2.55. The minimum atomic E-state index is 0.967. The van der Waals surface area contributed by atoms with E-state index in [4.69, 9.17) is 0 Å². The Morgan fingerprint density at radius 3 is 2.79 bits per heavy atom. The summed E-state index contributed by atoms with van der Waals surface area (Å²) in [6.07, 6.45) is 5.00. The first-order valence-corrected chi connectivity index (χ1v) is 7.30. The molecule has 3 heteroatoms. The van der Waals surface area contributed by atoms with Crippen LogP contribution in [-0.2, 0) is 13.6 Å². The van der Waals surface area contributed by atoms with Gasteiger partial charge < -0.3 is 14.8 Å². The summed E-state index contributed by atoms with van der Waals surface area (Å²) >= 11 is 0. The van der Waals surface area contributed by atoms with Gasteiger partial charge in [0.05, 0.1) is 0 Å². The van der Waals surface area contributed by atoms with Gasteiger partial charge in [-0.15, -0.1) is 0 Å². The fraction of sp³-hybridized carbons (Fsp3) is 0.500. The van der Waals surface area contributed by atoms with E-state index >= 15 is 0 Å². The van der Waals surface area contributed by atoms with Gasteiger partial charge in [-0.3, -0.25) is 0 Å². The molecule has 102 valence electrons. The fourth-order valence-corrected chi connectivity index (χ4v) is 3.03. The zero-order valence-electron chi connectivity index (χ0n) is 11.7. The number of nitrogens with zero attached hydrogens (tertiary/aromatic N) is 2. The van der Waals surface area contributed by atoms with Gasteiger partial charge in [0.2, 0.25) is 0 Å². The molecule has 3 nitrogen and oxygen atoms in total. The Morgan fingerprint density at radius 1 is 1.16 bits per heavy atom. The van der Waals surface area contributed by atoms with Crippen LogP contribution in [0.3, 0.4) is 0 Å². The molecule has 1 aliphatic heterocycles. The largest absolute Gasteiger partial charge is 0.350 e. The van der Waals surface area contributed by atoms with Crippen molar-refractivity contribution in [3.8, 4) is 0 Å². The number of benzene rings is 1. The molecule has 1 aromatic carbocycles. The predicted octanol–water partition coefficient (Wildman–Crippen LogP) is 2.36. The van der Waals surface area contributed by atoms with Gasteiger partial charge in [-0.1, -0.05) is 18.2 Å². The molecule has 0 unspecified atom stereocenters. The van der Waals surface area contributed by atoms with Gasteiger partial charge in [0, 0.05) is 43.8 Å². The first-order valence-electron chi connectivity index (χ1n) is 7.30. The van der Waals surface area contributed by atoms with Gasteiger partial charge in [-0.2, -0.15) is 0 Å². The van der Waals surface area contributed by atoms with Crippen molar-refractivity contribution in [3.63, 3.8) is 0 Å². The number of para-hydroxylation sites is 1. The van der Waals surface area contributed by atoms with Crippen LogP contribution in [0.1, 0.15) is 18.4 Å². The van der Waals surface area contributed by atoms with Crippen LogP contribution in [-0.4, -0.2) is 35.6 Å². The Morgan fingerprint density at radius 2 is 1.95 bits per heavy atom. The number of nitrogens with one attached hydrogen (secondary N) is 1. The van der Waals surface area contributed by atoms with Crippen LogP contribution in [0.15, 0.2) is 30.5 Å². The Kier molecular flexibility index (Phi) is 3.85. The summed E-state index contributed by atoms with van der Waals surface area (Å²) < 4.78 is 2.22. The standard InChI is InChI=1S/C16H23N3/c1-18-13-14(15-6-2-3-7-16(15)18)12-17-8-11-19-9-4-5-10-19/h2-3,6-7,13,17H,4-5,8-12H2,1H3. The minimum Gasteiger partial charge on any atom is -0.350 e. The van der Waals surface area contributed by atoms with Crippen LogP contribution in [0.2, 0.25) is 0 Å². The van der Waals surface area contributed by atoms with Crippen LogP contribution in [0.5, 0.6) is 0 Å². The summed E-state index contributed by atoms with van der Waals surface area (Å²) in [6, 6.07) is 8.62. The molecule has 0 atom stereocenters. The summed E-state index contributed by atoms with van der Waals surface area (Å²) in [5.74, 6) is 0. The molecule has 0 amide bonds. The molecule has 1 fully saturated rings. The lowest BCUT2D eigenvalue weighted by Gasteiger charge is -2.14. The van der Waals surface area contributed by atoms with Crippen LogP contribution in [0.4, 0.5) is 0 Å². The Hall–Kier alpha value is -1.32. The molecule has 2 heterocycles. The van der Waals surface area contributed by atoms with Crippen LogP contribution < -0.4 is 5.32 Å². The molecule has 0 aliphatic carbocycles. The monoisotopic (exact) mass is 257 g/mol. The average Bonchev–Trinajstić information content (AvgIpc) is 3.04. The van der Waals surface area contributed by atoms with Gasteiger partial charge in [-0.25, -0.2) is 0 Å². The topological polar surface area (TPSA) is 20.2 Å². The molecule has 1 aliphatic rings. The molecule has 1 aromatic heterocycles. The summed E-state index contributed by atoms with van der Waals surface area (Å²) in [7, 11) is 2.12. The van der Waals surface area contributed by atoms with Crippen molar-refractivity contribution in [2.45, 2.75) is 19.4 Å². The molecule has 3 rings (SSSR count). The van der Waals surface area contributed by atoms with E-state index in [9.17, 15) is 0 Å². The molecule has 0 spiro atoms. The van der Waals surface area contributed by atoms with E-state index in [1.54, 1.807) is 0 Å². The lowest BCUT2D eigenvalue weighted by atomic mass is 10.2. The highest BCUT2D eigenvalue weighted by Crippen LogP contribution is 2.19. The normalized spacial score (nSPS) is 16.5. The van der Waals surface area contributed by atoms with E-state index in [0.29, 0.717) is 0 Å². The lowest BCUT2D eigenvalue weighted by Crippen LogP contribution is -2.29. The second-order valence-electron chi connectivity index (χ2n) is 5.51. The van der Waals surface area contributed by atoms with Crippen molar-refractivity contribution in [1.29, 1.82) is 0 Å². The number of aromatic nitrogens is 1. The average molecular weight is 257 g/mol. The first kappa shape index (κ1) is 12.7. The van der Waals surface area contributed by atoms with E-state index in [0.717, 1.165) is 13.1 Å². The van der Waals surface area contributed by atoms with Gasteiger partial charge in [0.15, 0.2) is 0 Å². The van der Waals surface area contributed by atoms with E-state index in [-0.39, 0.29) is 0 Å². The number of aryl methyl sites for hydroxylation is 1. The van der Waals surface area contributed by atoms with Crippen molar-refractivity contribution >= 4 is 10.9 Å². The van der Waals surface area contributed by atoms with Gasteiger partial charge in [0.25, 0.3) is 0 Å². The van der Waals surface area contributed by atoms with Gasteiger partial charge in [-0.05, 0) is 37.6 Å². The maximum Gasteiger partial charge on any atom is 0.0481 e. The molecular formula is C16H23N3. The van der Waals surface area contributed by atoms with Crippen LogP contribution in [0, 0.1) is 0 Å². The summed E-state index contributed by atoms with van der Waals surface area (Å²) in [6.45, 7) is 5.81. The first-order chi connectivity index (χ1) is 9.34. The van der Waals surface area contributed by atoms with Gasteiger partial charge >= 0.3 is 0 Å². The van der Waals surface area contributed by atoms with Crippen LogP contribution >= 0.6 is 0 Å².